The summed E-state index contributed by atoms with van der Waals surface area (Å²) in [6, 6.07) is 12.0. The van der Waals surface area contributed by atoms with Crippen LogP contribution in [-0.2, 0) is 86.9 Å². The second-order valence-corrected chi connectivity index (χ2v) is 34.5. The number of hydrogen-bond acceptors (Lipinski definition) is 28. The van der Waals surface area contributed by atoms with Gasteiger partial charge in [0.1, 0.15) is 68.8 Å². The summed E-state index contributed by atoms with van der Waals surface area (Å²) in [7, 11) is 4.83. The van der Waals surface area contributed by atoms with Crippen molar-refractivity contribution in [1.29, 1.82) is 0 Å². The number of methoxy groups -OCH3 is 7. The largest absolute Gasteiger partial charge is 2.00 e. The normalized spacial score (nSPS) is 17.8. The fraction of sp³-hybridized carbons (Fsp3) is 0.416. The summed E-state index contributed by atoms with van der Waals surface area (Å²) in [5, 5.41) is 47.8. The molecule has 51 heteroatoms. The number of hydrogen-bond donors (Lipinski definition) is 10. The zero-order valence-corrected chi connectivity index (χ0v) is 82.1. The van der Waals surface area contributed by atoms with Crippen molar-refractivity contribution in [3.63, 3.8) is 0 Å². The van der Waals surface area contributed by atoms with Gasteiger partial charge in [0.05, 0.1) is 122 Å². The summed E-state index contributed by atoms with van der Waals surface area (Å²) >= 11 is 0. The molecule has 0 unspecified atom stereocenters. The number of nitrogens with zero attached hydrogens (tertiary/aromatic N) is 6. The first-order valence-electron chi connectivity index (χ1n) is 41.9. The zero-order chi connectivity index (χ0) is 101. The van der Waals surface area contributed by atoms with Gasteiger partial charge in [0.25, 0.3) is 45.6 Å². The molecule has 16 rings (SSSR count). The van der Waals surface area contributed by atoms with Gasteiger partial charge in [-0.3, -0.25) is 52.5 Å². The minimum Gasteiger partial charge on any atom is -1.00 e. The van der Waals surface area contributed by atoms with Gasteiger partial charge in [-0.05, 0) is 96.4 Å². The molecule has 6 fully saturated rings. The predicted molar refractivity (Wildman–Crippen MR) is 466 cm³/mol. The van der Waals surface area contributed by atoms with Crippen molar-refractivity contribution < 1.29 is 183 Å². The maximum absolute atomic E-state index is 14.3. The smallest absolute Gasteiger partial charge is 1.00 e. The van der Waals surface area contributed by atoms with Crippen molar-refractivity contribution in [1.82, 2.24) is 49.3 Å². The average molecular weight is 2140 g/mol. The number of amides is 6. The number of aromatic hydroxyl groups is 1. The van der Waals surface area contributed by atoms with Crippen LogP contribution in [0.4, 0.5) is 35.1 Å². The first-order valence-corrected chi connectivity index (χ1v) is 43.7. The molecule has 754 valence electrons. The summed E-state index contributed by atoms with van der Waals surface area (Å²) in [5.41, 5.74) is -4.42. The Kier molecular flexibility index (Phi) is 37.7. The molecule has 4 aliphatic heterocycles. The van der Waals surface area contributed by atoms with E-state index in [-0.39, 0.29) is 163 Å². The molecule has 0 spiro atoms. The Labute approximate surface area is 828 Å². The Balaban J connectivity index is 0.000000219. The van der Waals surface area contributed by atoms with Crippen molar-refractivity contribution in [3.05, 3.63) is 252 Å². The third kappa shape index (κ3) is 24.9. The number of esters is 2. The van der Waals surface area contributed by atoms with E-state index in [4.69, 9.17) is 53.3 Å². The van der Waals surface area contributed by atoms with E-state index < -0.39 is 208 Å². The zero-order valence-electron chi connectivity index (χ0n) is 76.7. The van der Waals surface area contributed by atoms with E-state index in [0.29, 0.717) is 76.9 Å². The molecule has 8 aliphatic rings. The topological polar surface area (TPSA) is 524 Å². The van der Waals surface area contributed by atoms with Gasteiger partial charge >= 0.3 is 35.0 Å². The van der Waals surface area contributed by atoms with Gasteiger partial charge in [-0.15, -0.1) is 0 Å². The van der Waals surface area contributed by atoms with Crippen LogP contribution in [0.2, 0.25) is 0 Å². The van der Waals surface area contributed by atoms with Crippen LogP contribution in [0.5, 0.6) is 23.0 Å². The van der Waals surface area contributed by atoms with Crippen LogP contribution in [0.3, 0.4) is 0 Å². The summed E-state index contributed by atoms with van der Waals surface area (Å²) in [5.74, 6) is -14.2. The number of aliphatic hydroxyl groups is 3. The number of pyridine rings is 4. The second kappa shape index (κ2) is 46.4. The fourth-order valence-electron chi connectivity index (χ4n) is 15.9. The van der Waals surface area contributed by atoms with Crippen LogP contribution in [-0.4, -0.2) is 251 Å². The number of benzene rings is 4. The minimum absolute atomic E-state index is 0. The Bertz CT molecular complexity index is 6450. The van der Waals surface area contributed by atoms with Gasteiger partial charge in [0, 0.05) is 91.6 Å². The van der Waals surface area contributed by atoms with Gasteiger partial charge < -0.3 is 152 Å². The minimum atomic E-state index is -3.67. The number of nitrogens with two attached hydrogens (primary N) is 1. The Morgan fingerprint density at radius 2 is 0.764 bits per heavy atom. The number of fused-ring (bicyclic) bond motifs is 4. The number of aromatic nitrogens is 4. The predicted octanol–water partition coefficient (Wildman–Crippen LogP) is -1.73. The van der Waals surface area contributed by atoms with E-state index >= 15 is 0 Å². The van der Waals surface area contributed by atoms with Crippen molar-refractivity contribution >= 4 is 80.6 Å². The molecule has 140 heavy (non-hydrogen) atoms. The number of rotatable bonds is 24. The molecular formula is C89H97Br2F8MgN11O28S. The molecule has 4 aliphatic carbocycles. The third-order valence-corrected chi connectivity index (χ3v) is 23.2. The Hall–Kier alpha value is -11.6. The number of ether oxygens (including phenoxy) is 9. The van der Waals surface area contributed by atoms with Crippen LogP contribution in [0.1, 0.15) is 178 Å². The average Bonchev–Trinajstić information content (AvgIpc) is 1.19. The van der Waals surface area contributed by atoms with Crippen LogP contribution < -0.4 is 96.9 Å². The van der Waals surface area contributed by atoms with E-state index in [1.807, 2.05) is 6.92 Å². The molecule has 4 aromatic heterocycles. The molecule has 8 aromatic rings. The summed E-state index contributed by atoms with van der Waals surface area (Å²) in [6.45, 7) is 5.92. The molecule has 4 aromatic carbocycles. The second-order valence-electron chi connectivity index (χ2n) is 33.0. The van der Waals surface area contributed by atoms with Crippen LogP contribution in [0.25, 0.3) is 0 Å². The Morgan fingerprint density at radius 3 is 1.04 bits per heavy atom. The molecule has 11 N–H and O–H groups in total. The number of nitrogens with one attached hydrogen (secondary N) is 4. The van der Waals surface area contributed by atoms with Crippen LogP contribution in [0.15, 0.2) is 117 Å². The summed E-state index contributed by atoms with van der Waals surface area (Å²) in [4.78, 5) is 157. The molecular weight excluding hydrogens is 2040 g/mol. The van der Waals surface area contributed by atoms with Gasteiger partial charge in [-0.25, -0.2) is 44.7 Å². The molecule has 0 radical (unpaired) electrons. The number of carbonyl (C=O) groups is 8. The molecule has 0 bridgehead atoms. The van der Waals surface area contributed by atoms with Crippen molar-refractivity contribution in [2.24, 2.45) is 5.73 Å². The first-order chi connectivity index (χ1) is 64.6. The van der Waals surface area contributed by atoms with Crippen LogP contribution >= 0.6 is 0 Å². The van der Waals surface area contributed by atoms with Crippen molar-refractivity contribution in [3.8, 4) is 23.0 Å². The number of aliphatic hydroxyl groups excluding tert-OH is 2. The Morgan fingerprint density at radius 1 is 0.486 bits per heavy atom. The molecule has 39 nitrogen and oxygen atoms in total. The van der Waals surface area contributed by atoms with E-state index in [2.05, 4.69) is 26.0 Å². The SMILES string of the molecule is COC(=O)c1c(OC)c(=O)c(C(=O)NC2(c3ccc(F)cc3F)CC2)cn1CC(O)O.COC(=O)c1c(OC)c(=O)c(C(=O)NC2(c3ccc(F)cc3F)CC2)cn1CC(OC)OC.COc1c2n(cc(C(=O)NC3(c4ccc(F)cc4F)CC3)c1=O)C[C@H]1OC[C@H](C)N1C2=O.CS(=O)(=O)O.C[C@H](N)CO.C[C@H]1CO[C@@H]2Cn3cc(C(=O)NC4(c5ccc(F)cc5F)CC4)c(=O)c(O)c3C(=O)N12.[Br-].[Br-].[Mg+2]. The monoisotopic (exact) mass is 2130 g/mol. The van der Waals surface area contributed by atoms with Gasteiger partial charge in [0.15, 0.2) is 70.8 Å². The molecule has 2 saturated heterocycles. The number of halogens is 10. The van der Waals surface area contributed by atoms with Crippen molar-refractivity contribution in [2.45, 2.75) is 164 Å². The maximum Gasteiger partial charge on any atom is 2.00 e. The van der Waals surface area contributed by atoms with E-state index in [1.165, 1.54) is 83.7 Å². The quantitative estimate of drug-likeness (QED) is 0.0106. The van der Waals surface area contributed by atoms with Crippen LogP contribution in [0, 0.1) is 46.5 Å². The fourth-order valence-corrected chi connectivity index (χ4v) is 15.9. The summed E-state index contributed by atoms with van der Waals surface area (Å²) in [6.07, 6.45) is 4.83. The van der Waals surface area contributed by atoms with Gasteiger partial charge in [0.2, 0.25) is 21.7 Å². The van der Waals surface area contributed by atoms with E-state index in [1.54, 1.807) is 18.7 Å². The van der Waals surface area contributed by atoms with E-state index in [0.717, 1.165) is 80.8 Å². The van der Waals surface area contributed by atoms with Crippen molar-refractivity contribution in [2.75, 3.05) is 75.8 Å². The standard InChI is InChI=1S/C22H21F2N3O5.C22H24F2N2O7.C21H19F2N3O5.C20H20F2N2O7.C3H9NO.CH4O3S.2BrH.Mg/c1-11-10-32-16-9-26-8-13(18(28)19(31-2)17(26)21(30)27(11)16)20(29)25-22(5-6-22)14-4-3-12(23)7-15(14)24;1-30-16(31-2)11-26-10-13(18(27)19(32-3)17(26)21(29)33-4)20(28)25-22(7-8-22)14-6-5-12(23)9-15(14)24;1-10-9-31-15-8-25-7-12(17(27)18(28)16(25)20(30)26(10)15)19(29)24-21(4-5-21)13-3-2-11(22)6-14(13)23;1-30-17-15(19(29)31-2)24(9-14(25)26)8-11(16(17)27)18(28)23-20(5-6-20)12-4-3-10(21)7-13(12)22;1-3(4)2-5;1-5(2,3)4;;;/h3-4,7-8,11,16H,5-6,9-10H2,1-2H3,(H,25,29);5-6,9-10,16H,7-8,11H2,1-4H3,(H,25,28);2-3,6-7,10,15,28H,4-5,8-9H2,1H3,(H,24,29);3-4,7-8,14,25-26H,5-6,9H2,1-2H3,(H,23,28);3,5H,2,4H2,1H3;1H3,(H,2,3,4);2*1H;/q;;;;;;;;+2/p-2/t11-,16+;;10-,15+;;3-;;;;/m0.0.0..../s1. The first kappa shape index (κ1) is 114. The van der Waals surface area contributed by atoms with Gasteiger partial charge in [-0.1, -0.05) is 24.3 Å². The summed E-state index contributed by atoms with van der Waals surface area (Å²) < 4.78 is 188. The van der Waals surface area contributed by atoms with E-state index in [9.17, 15) is 116 Å². The third-order valence-electron chi connectivity index (χ3n) is 23.2. The maximum atomic E-state index is 14.3. The molecule has 6 amide bonds. The molecule has 4 saturated carbocycles. The molecule has 5 atom stereocenters. The van der Waals surface area contributed by atoms with Gasteiger partial charge in [-0.2, -0.15) is 8.42 Å². The molecule has 8 heterocycles. The number of carbonyl (C=O) groups excluding carboxylic acids is 8.